The number of aliphatic hydroxyl groups excluding tert-OH is 1. The van der Waals surface area contributed by atoms with E-state index in [0.717, 1.165) is 18.6 Å². The summed E-state index contributed by atoms with van der Waals surface area (Å²) in [5.74, 6) is -3.33. The number of aromatic carboxylic acids is 1. The molecule has 0 amide bonds. The normalized spacial score (nSPS) is 10.0. The van der Waals surface area contributed by atoms with Crippen LogP contribution in [-0.4, -0.2) is 38.1 Å². The van der Waals surface area contributed by atoms with Gasteiger partial charge in [0.2, 0.25) is 0 Å². The molecule has 0 spiro atoms. The predicted octanol–water partition coefficient (Wildman–Crippen LogP) is 3.62. The minimum absolute atomic E-state index is 0.289. The number of benzene rings is 1. The van der Waals surface area contributed by atoms with E-state index in [-0.39, 0.29) is 5.56 Å². The molecule has 1 aromatic rings. The van der Waals surface area contributed by atoms with Crippen LogP contribution in [-0.2, 0) is 0 Å². The highest BCUT2D eigenvalue weighted by atomic mass is 16.4. The summed E-state index contributed by atoms with van der Waals surface area (Å²) in [5, 5.41) is 43.5. The number of rotatable bonds is 9. The Morgan fingerprint density at radius 1 is 0.870 bits per heavy atom. The highest BCUT2D eigenvalue weighted by molar-refractivity contribution is 5.89. The third-order valence-electron chi connectivity index (χ3n) is 3.33. The minimum atomic E-state index is -1.29. The molecule has 132 valence electrons. The maximum Gasteiger partial charge on any atom is 0.335 e. The van der Waals surface area contributed by atoms with Gasteiger partial charge in [-0.25, -0.2) is 4.79 Å². The second kappa shape index (κ2) is 12.6. The third kappa shape index (κ3) is 9.63. The molecule has 0 unspecified atom stereocenters. The molecule has 6 nitrogen and oxygen atoms in total. The molecule has 23 heavy (non-hydrogen) atoms. The van der Waals surface area contributed by atoms with Crippen LogP contribution in [0.1, 0.15) is 68.6 Å². The van der Waals surface area contributed by atoms with Gasteiger partial charge in [0.05, 0.1) is 5.56 Å². The number of carboxylic acid groups (broad SMARTS) is 1. The van der Waals surface area contributed by atoms with Gasteiger partial charge in [0.15, 0.2) is 17.2 Å². The first-order chi connectivity index (χ1) is 10.9. The number of carboxylic acids is 1. The Bertz CT molecular complexity index is 427. The molecule has 5 N–H and O–H groups in total. The molecule has 6 heteroatoms. The Morgan fingerprint density at radius 2 is 1.30 bits per heavy atom. The monoisotopic (exact) mass is 328 g/mol. The number of phenols is 3. The van der Waals surface area contributed by atoms with E-state index in [9.17, 15) is 4.79 Å². The van der Waals surface area contributed by atoms with E-state index in [1.807, 2.05) is 0 Å². The summed E-state index contributed by atoms with van der Waals surface area (Å²) in [6.07, 6.45) is 10.4. The Morgan fingerprint density at radius 3 is 1.70 bits per heavy atom. The van der Waals surface area contributed by atoms with Crippen LogP contribution < -0.4 is 0 Å². The van der Waals surface area contributed by atoms with Gasteiger partial charge in [0.1, 0.15) is 0 Å². The Labute approximate surface area is 137 Å². The predicted molar refractivity (Wildman–Crippen MR) is 88.1 cm³/mol. The van der Waals surface area contributed by atoms with Crippen molar-refractivity contribution in [2.45, 2.75) is 58.3 Å². The summed E-state index contributed by atoms with van der Waals surface area (Å²) in [5.41, 5.74) is -0.289. The fraction of sp³-hybridized carbons (Fsp3) is 0.588. The zero-order chi connectivity index (χ0) is 17.7. The quantitative estimate of drug-likeness (QED) is 0.349. The SMILES string of the molecule is CCCCCCCCCCO.O=C(O)c1cc(O)c(O)c(O)c1. The van der Waals surface area contributed by atoms with Gasteiger partial charge in [-0.3, -0.25) is 0 Å². The van der Waals surface area contributed by atoms with Gasteiger partial charge in [-0.2, -0.15) is 0 Å². The number of phenolic OH excluding ortho intramolecular Hbond substituents is 3. The lowest BCUT2D eigenvalue weighted by atomic mass is 10.1. The molecule has 0 aliphatic carbocycles. The van der Waals surface area contributed by atoms with E-state index in [2.05, 4.69) is 6.92 Å². The summed E-state index contributed by atoms with van der Waals surface area (Å²) in [7, 11) is 0. The van der Waals surface area contributed by atoms with Crippen LogP contribution in [0.3, 0.4) is 0 Å². The zero-order valence-corrected chi connectivity index (χ0v) is 13.7. The smallest absolute Gasteiger partial charge is 0.335 e. The lowest BCUT2D eigenvalue weighted by molar-refractivity contribution is 0.0696. The standard InChI is InChI=1S/C10H22O.C7H6O5/c1-2-3-4-5-6-7-8-9-10-11;8-4-1-3(7(11)12)2-5(9)6(4)10/h11H,2-10H2,1H3;1-2,8-10H,(H,11,12). The van der Waals surface area contributed by atoms with E-state index in [1.54, 1.807) is 0 Å². The van der Waals surface area contributed by atoms with Crippen molar-refractivity contribution in [3.8, 4) is 17.2 Å². The highest BCUT2D eigenvalue weighted by Gasteiger charge is 2.11. The maximum atomic E-state index is 10.3. The average Bonchev–Trinajstić information content (AvgIpc) is 2.52. The minimum Gasteiger partial charge on any atom is -0.504 e. The van der Waals surface area contributed by atoms with Gasteiger partial charge < -0.3 is 25.5 Å². The number of unbranched alkanes of at least 4 members (excludes halogenated alkanes) is 7. The van der Waals surface area contributed by atoms with Crippen LogP contribution in [0.25, 0.3) is 0 Å². The van der Waals surface area contributed by atoms with Crippen molar-refractivity contribution in [2.24, 2.45) is 0 Å². The van der Waals surface area contributed by atoms with Crippen LogP contribution in [0.5, 0.6) is 17.2 Å². The number of aromatic hydroxyl groups is 3. The molecular formula is C17H28O6. The summed E-state index contributed by atoms with van der Waals surface area (Å²) >= 11 is 0. The average molecular weight is 328 g/mol. The first-order valence-corrected chi connectivity index (χ1v) is 8.03. The Kier molecular flexibility index (Phi) is 11.5. The Balaban J connectivity index is 0.000000423. The molecule has 0 radical (unpaired) electrons. The Hall–Kier alpha value is -1.95. The van der Waals surface area contributed by atoms with Crippen molar-refractivity contribution in [1.82, 2.24) is 0 Å². The van der Waals surface area contributed by atoms with Gasteiger partial charge in [0.25, 0.3) is 0 Å². The lowest BCUT2D eigenvalue weighted by Gasteiger charge is -2.01. The van der Waals surface area contributed by atoms with E-state index >= 15 is 0 Å². The van der Waals surface area contributed by atoms with Crippen LogP contribution in [0.15, 0.2) is 12.1 Å². The first kappa shape index (κ1) is 21.0. The molecule has 0 saturated heterocycles. The van der Waals surface area contributed by atoms with E-state index in [1.165, 1.54) is 44.9 Å². The van der Waals surface area contributed by atoms with Crippen LogP contribution in [0.2, 0.25) is 0 Å². The molecule has 0 saturated carbocycles. The van der Waals surface area contributed by atoms with E-state index in [0.29, 0.717) is 6.61 Å². The molecule has 0 aliphatic rings. The van der Waals surface area contributed by atoms with Gasteiger partial charge in [-0.1, -0.05) is 51.9 Å². The number of carbonyl (C=O) groups is 1. The van der Waals surface area contributed by atoms with Crippen molar-refractivity contribution in [3.63, 3.8) is 0 Å². The largest absolute Gasteiger partial charge is 0.504 e. The fourth-order valence-electron chi connectivity index (χ4n) is 1.97. The molecule has 0 bridgehead atoms. The van der Waals surface area contributed by atoms with Crippen molar-refractivity contribution in [3.05, 3.63) is 17.7 Å². The van der Waals surface area contributed by atoms with Crippen molar-refractivity contribution >= 4 is 5.97 Å². The molecule has 0 aromatic heterocycles. The zero-order valence-electron chi connectivity index (χ0n) is 13.7. The molecule has 0 aliphatic heterocycles. The second-order valence-corrected chi connectivity index (χ2v) is 5.37. The number of aliphatic hydroxyl groups is 1. The second-order valence-electron chi connectivity index (χ2n) is 5.37. The number of hydrogen-bond donors (Lipinski definition) is 5. The maximum absolute atomic E-state index is 10.3. The highest BCUT2D eigenvalue weighted by Crippen LogP contribution is 2.35. The van der Waals surface area contributed by atoms with E-state index < -0.39 is 23.2 Å². The number of hydrogen-bond acceptors (Lipinski definition) is 5. The van der Waals surface area contributed by atoms with Gasteiger partial charge >= 0.3 is 5.97 Å². The molecule has 0 fully saturated rings. The molecule has 1 aromatic carbocycles. The van der Waals surface area contributed by atoms with Gasteiger partial charge in [0, 0.05) is 6.61 Å². The summed E-state index contributed by atoms with van der Waals surface area (Å²) in [6.45, 7) is 2.61. The summed E-state index contributed by atoms with van der Waals surface area (Å²) in [4.78, 5) is 10.3. The molecule has 1 rings (SSSR count). The molecule has 0 heterocycles. The summed E-state index contributed by atoms with van der Waals surface area (Å²) in [6, 6.07) is 1.69. The molecule has 0 atom stereocenters. The van der Waals surface area contributed by atoms with Crippen molar-refractivity contribution in [2.75, 3.05) is 6.61 Å². The lowest BCUT2D eigenvalue weighted by Crippen LogP contribution is -1.95. The first-order valence-electron chi connectivity index (χ1n) is 8.03. The van der Waals surface area contributed by atoms with Gasteiger partial charge in [-0.05, 0) is 18.6 Å². The van der Waals surface area contributed by atoms with Crippen LogP contribution in [0, 0.1) is 0 Å². The third-order valence-corrected chi connectivity index (χ3v) is 3.33. The van der Waals surface area contributed by atoms with E-state index in [4.69, 9.17) is 25.5 Å². The van der Waals surface area contributed by atoms with Crippen LogP contribution in [0.4, 0.5) is 0 Å². The van der Waals surface area contributed by atoms with Crippen molar-refractivity contribution < 1.29 is 30.3 Å². The molecular weight excluding hydrogens is 300 g/mol. The van der Waals surface area contributed by atoms with Crippen LogP contribution >= 0.6 is 0 Å². The van der Waals surface area contributed by atoms with Crippen molar-refractivity contribution in [1.29, 1.82) is 0 Å². The van der Waals surface area contributed by atoms with Gasteiger partial charge in [-0.15, -0.1) is 0 Å². The topological polar surface area (TPSA) is 118 Å². The fourth-order valence-corrected chi connectivity index (χ4v) is 1.97. The summed E-state index contributed by atoms with van der Waals surface area (Å²) < 4.78 is 0.